The third-order valence-corrected chi connectivity index (χ3v) is 12.6. The fourth-order valence-corrected chi connectivity index (χ4v) is 10.1. The summed E-state index contributed by atoms with van der Waals surface area (Å²) in [7, 11) is 0. The number of hydrogen-bond donors (Lipinski definition) is 0. The Labute approximate surface area is 325 Å². The van der Waals surface area contributed by atoms with E-state index >= 15 is 0 Å². The summed E-state index contributed by atoms with van der Waals surface area (Å²) in [5.41, 5.74) is 14.6. The van der Waals surface area contributed by atoms with Gasteiger partial charge >= 0.3 is 0 Å². The van der Waals surface area contributed by atoms with E-state index in [0.717, 1.165) is 11.2 Å². The van der Waals surface area contributed by atoms with Crippen LogP contribution in [-0.2, 0) is 5.41 Å². The highest BCUT2D eigenvalue weighted by molar-refractivity contribution is 6.31. The van der Waals surface area contributed by atoms with Crippen molar-refractivity contribution in [1.82, 2.24) is 0 Å². The largest absolute Gasteiger partial charge is 0.456 e. The predicted molar refractivity (Wildman–Crippen MR) is 238 cm³/mol. The molecule has 1 heterocycles. The van der Waals surface area contributed by atoms with Crippen molar-refractivity contribution in [3.63, 3.8) is 0 Å². The van der Waals surface area contributed by atoms with Crippen molar-refractivity contribution in [2.75, 3.05) is 0 Å². The van der Waals surface area contributed by atoms with Crippen molar-refractivity contribution < 1.29 is 4.42 Å². The molecule has 0 aliphatic heterocycles. The summed E-state index contributed by atoms with van der Waals surface area (Å²) in [4.78, 5) is 0. The molecule has 262 valence electrons. The molecule has 0 N–H and O–H groups in total. The van der Waals surface area contributed by atoms with Gasteiger partial charge in [-0.3, -0.25) is 0 Å². The molecule has 0 saturated carbocycles. The second kappa shape index (κ2) is 11.5. The van der Waals surface area contributed by atoms with E-state index in [0.29, 0.717) is 0 Å². The van der Waals surface area contributed by atoms with Crippen LogP contribution in [0.5, 0.6) is 0 Å². The average Bonchev–Trinajstić information content (AvgIpc) is 3.74. The molecule has 12 rings (SSSR count). The van der Waals surface area contributed by atoms with Crippen LogP contribution in [0.15, 0.2) is 186 Å². The zero-order chi connectivity index (χ0) is 37.1. The van der Waals surface area contributed by atoms with E-state index in [4.69, 9.17) is 4.42 Å². The lowest BCUT2D eigenvalue weighted by Gasteiger charge is -2.22. The van der Waals surface area contributed by atoms with Gasteiger partial charge < -0.3 is 4.42 Å². The number of hydrogen-bond acceptors (Lipinski definition) is 1. The summed E-state index contributed by atoms with van der Waals surface area (Å²) in [6.07, 6.45) is 0. The van der Waals surface area contributed by atoms with Gasteiger partial charge in [-0.15, -0.1) is 0 Å². The van der Waals surface area contributed by atoms with Crippen molar-refractivity contribution in [3.8, 4) is 44.5 Å². The minimum absolute atomic E-state index is 0.0505. The molecule has 0 saturated heterocycles. The van der Waals surface area contributed by atoms with Gasteiger partial charge in [0.1, 0.15) is 11.2 Å². The highest BCUT2D eigenvalue weighted by Gasteiger charge is 2.35. The van der Waals surface area contributed by atoms with E-state index in [1.54, 1.807) is 0 Å². The Morgan fingerprint density at radius 2 is 0.911 bits per heavy atom. The van der Waals surface area contributed by atoms with E-state index in [-0.39, 0.29) is 5.41 Å². The van der Waals surface area contributed by atoms with Crippen LogP contribution in [0.4, 0.5) is 0 Å². The molecule has 1 heteroatoms. The molecule has 0 atom stereocenters. The molecule has 11 aromatic rings. The Hall–Kier alpha value is -6.96. The summed E-state index contributed by atoms with van der Waals surface area (Å²) in [5.74, 6) is 0. The summed E-state index contributed by atoms with van der Waals surface area (Å²) >= 11 is 0. The van der Waals surface area contributed by atoms with Crippen molar-refractivity contribution in [2.45, 2.75) is 19.3 Å². The summed E-state index contributed by atoms with van der Waals surface area (Å²) in [6.45, 7) is 4.71. The van der Waals surface area contributed by atoms with Gasteiger partial charge in [-0.05, 0) is 123 Å². The van der Waals surface area contributed by atoms with Gasteiger partial charge in [-0.1, -0.05) is 172 Å². The summed E-state index contributed by atoms with van der Waals surface area (Å²) < 4.78 is 6.76. The van der Waals surface area contributed by atoms with E-state index < -0.39 is 0 Å². The standard InChI is InChI=1S/C55H36O/c1-55(2)47-25-12-11-19-39(47)40-28-26-35(31-48(40)55)34-15-13-16-36(30-34)51-42-21-7-9-23-44(42)52(45-24-10-8-22-43(45)51)46-32-50-54(41-20-6-5-18-38(41)46)53-37-17-4-3-14-33(37)27-29-49(53)56-50/h3-32H,1-2H3. The lowest BCUT2D eigenvalue weighted by Crippen LogP contribution is -2.14. The van der Waals surface area contributed by atoms with Crippen LogP contribution in [0, 0.1) is 0 Å². The molecule has 0 spiro atoms. The quantitative estimate of drug-likeness (QED) is 0.166. The Morgan fingerprint density at radius 3 is 1.68 bits per heavy atom. The van der Waals surface area contributed by atoms with Crippen LogP contribution in [0.2, 0.25) is 0 Å². The Kier molecular flexibility index (Phi) is 6.46. The first kappa shape index (κ1) is 31.4. The molecular formula is C55H36O. The van der Waals surface area contributed by atoms with Crippen LogP contribution in [0.25, 0.3) is 110 Å². The molecule has 10 aromatic carbocycles. The first-order valence-corrected chi connectivity index (χ1v) is 19.6. The van der Waals surface area contributed by atoms with E-state index in [2.05, 4.69) is 196 Å². The maximum absolute atomic E-state index is 6.76. The van der Waals surface area contributed by atoms with Crippen molar-refractivity contribution in [3.05, 3.63) is 193 Å². The van der Waals surface area contributed by atoms with E-state index in [1.807, 2.05) is 0 Å². The maximum atomic E-state index is 6.76. The molecular weight excluding hydrogens is 677 g/mol. The van der Waals surface area contributed by atoms with E-state index in [1.165, 1.54) is 109 Å². The first-order valence-electron chi connectivity index (χ1n) is 19.6. The molecule has 0 amide bonds. The van der Waals surface area contributed by atoms with Crippen molar-refractivity contribution in [2.24, 2.45) is 0 Å². The molecule has 0 radical (unpaired) electrons. The molecule has 1 aliphatic carbocycles. The normalized spacial score (nSPS) is 13.3. The molecule has 0 unspecified atom stereocenters. The Balaban J connectivity index is 1.10. The van der Waals surface area contributed by atoms with Gasteiger partial charge in [0, 0.05) is 16.2 Å². The predicted octanol–water partition coefficient (Wildman–Crippen LogP) is 15.5. The van der Waals surface area contributed by atoms with Crippen LogP contribution < -0.4 is 0 Å². The van der Waals surface area contributed by atoms with Crippen LogP contribution >= 0.6 is 0 Å². The highest BCUT2D eigenvalue weighted by Crippen LogP contribution is 2.51. The molecule has 0 bridgehead atoms. The zero-order valence-corrected chi connectivity index (χ0v) is 31.2. The van der Waals surface area contributed by atoms with Gasteiger partial charge in [-0.25, -0.2) is 0 Å². The molecule has 0 fully saturated rings. The van der Waals surface area contributed by atoms with E-state index in [9.17, 15) is 0 Å². The second-order valence-corrected chi connectivity index (χ2v) is 16.0. The molecule has 1 aliphatic rings. The monoisotopic (exact) mass is 712 g/mol. The third-order valence-electron chi connectivity index (χ3n) is 12.6. The zero-order valence-electron chi connectivity index (χ0n) is 31.2. The van der Waals surface area contributed by atoms with Crippen molar-refractivity contribution >= 4 is 65.0 Å². The van der Waals surface area contributed by atoms with Gasteiger partial charge in [0.25, 0.3) is 0 Å². The minimum Gasteiger partial charge on any atom is -0.456 e. The maximum Gasteiger partial charge on any atom is 0.136 e. The summed E-state index contributed by atoms with van der Waals surface area (Å²) in [6, 6.07) is 67.1. The molecule has 1 aromatic heterocycles. The lowest BCUT2D eigenvalue weighted by atomic mass is 9.81. The second-order valence-electron chi connectivity index (χ2n) is 16.0. The van der Waals surface area contributed by atoms with Gasteiger partial charge in [-0.2, -0.15) is 0 Å². The van der Waals surface area contributed by atoms with Gasteiger partial charge in [0.2, 0.25) is 0 Å². The SMILES string of the molecule is CC1(C)c2ccccc2-c2ccc(-c3cccc(-c4c5ccccc5c(-c5cc6oc7ccc8ccccc8c7c6c6ccccc56)c5ccccc45)c3)cc21. The third kappa shape index (κ3) is 4.31. The minimum atomic E-state index is -0.0505. The number of furan rings is 1. The van der Waals surface area contributed by atoms with Crippen molar-refractivity contribution in [1.29, 1.82) is 0 Å². The fraction of sp³-hybridized carbons (Fsp3) is 0.0545. The summed E-state index contributed by atoms with van der Waals surface area (Å²) in [5, 5.41) is 12.2. The van der Waals surface area contributed by atoms with Gasteiger partial charge in [0.15, 0.2) is 0 Å². The Bertz CT molecular complexity index is 3390. The highest BCUT2D eigenvalue weighted by atomic mass is 16.3. The average molecular weight is 713 g/mol. The molecule has 56 heavy (non-hydrogen) atoms. The van der Waals surface area contributed by atoms with Crippen LogP contribution in [0.3, 0.4) is 0 Å². The lowest BCUT2D eigenvalue weighted by molar-refractivity contribution is 0.660. The molecule has 1 nitrogen and oxygen atoms in total. The Morgan fingerprint density at radius 1 is 0.339 bits per heavy atom. The first-order chi connectivity index (χ1) is 27.5. The topological polar surface area (TPSA) is 13.1 Å². The number of benzene rings is 10. The fourth-order valence-electron chi connectivity index (χ4n) is 10.1. The number of fused-ring (bicyclic) bond motifs is 12. The number of rotatable bonds is 3. The van der Waals surface area contributed by atoms with Crippen LogP contribution in [-0.4, -0.2) is 0 Å². The smallest absolute Gasteiger partial charge is 0.136 e. The van der Waals surface area contributed by atoms with Crippen LogP contribution in [0.1, 0.15) is 25.0 Å². The van der Waals surface area contributed by atoms with Gasteiger partial charge in [0.05, 0.1) is 0 Å².